The third kappa shape index (κ3) is 2.56. The summed E-state index contributed by atoms with van der Waals surface area (Å²) >= 11 is 1.63. The molecule has 0 aromatic carbocycles. The SMILES string of the molecule is Cc1noc(C)c1CSc1nnc(C)n1CCN. The number of aromatic nitrogens is 4. The minimum atomic E-state index is 0.581. The van der Waals surface area contributed by atoms with Gasteiger partial charge in [0.1, 0.15) is 11.6 Å². The van der Waals surface area contributed by atoms with E-state index in [0.29, 0.717) is 6.54 Å². The average molecular weight is 267 g/mol. The Labute approximate surface area is 110 Å². The lowest BCUT2D eigenvalue weighted by atomic mass is 10.2. The van der Waals surface area contributed by atoms with Crippen molar-refractivity contribution in [2.45, 2.75) is 38.2 Å². The maximum atomic E-state index is 5.59. The second-order valence-electron chi connectivity index (χ2n) is 4.06. The van der Waals surface area contributed by atoms with E-state index < -0.39 is 0 Å². The van der Waals surface area contributed by atoms with Gasteiger partial charge in [0.2, 0.25) is 0 Å². The summed E-state index contributed by atoms with van der Waals surface area (Å²) in [6, 6.07) is 0. The average Bonchev–Trinajstić information content (AvgIpc) is 2.84. The lowest BCUT2D eigenvalue weighted by Crippen LogP contribution is -2.12. The number of hydrogen-bond donors (Lipinski definition) is 1. The topological polar surface area (TPSA) is 82.8 Å². The van der Waals surface area contributed by atoms with Crippen LogP contribution in [-0.4, -0.2) is 26.5 Å². The number of rotatable bonds is 5. The summed E-state index contributed by atoms with van der Waals surface area (Å²) in [4.78, 5) is 0. The smallest absolute Gasteiger partial charge is 0.191 e. The lowest BCUT2D eigenvalue weighted by Gasteiger charge is -2.06. The quantitative estimate of drug-likeness (QED) is 0.825. The molecule has 2 heterocycles. The first-order chi connectivity index (χ1) is 8.63. The predicted molar refractivity (Wildman–Crippen MR) is 69.4 cm³/mol. The van der Waals surface area contributed by atoms with E-state index in [4.69, 9.17) is 10.3 Å². The van der Waals surface area contributed by atoms with Crippen LogP contribution in [0.5, 0.6) is 0 Å². The molecular weight excluding hydrogens is 250 g/mol. The van der Waals surface area contributed by atoms with Gasteiger partial charge in [-0.2, -0.15) is 0 Å². The molecule has 0 spiro atoms. The monoisotopic (exact) mass is 267 g/mol. The molecule has 0 atom stereocenters. The Bertz CT molecular complexity index is 514. The van der Waals surface area contributed by atoms with E-state index in [-0.39, 0.29) is 0 Å². The maximum absolute atomic E-state index is 5.59. The van der Waals surface area contributed by atoms with Crippen LogP contribution in [0.15, 0.2) is 9.68 Å². The van der Waals surface area contributed by atoms with Crippen LogP contribution in [0.3, 0.4) is 0 Å². The van der Waals surface area contributed by atoms with E-state index in [0.717, 1.165) is 40.3 Å². The van der Waals surface area contributed by atoms with Gasteiger partial charge in [0.25, 0.3) is 0 Å². The highest BCUT2D eigenvalue weighted by Crippen LogP contribution is 2.25. The van der Waals surface area contributed by atoms with Crippen LogP contribution in [0.4, 0.5) is 0 Å². The van der Waals surface area contributed by atoms with Gasteiger partial charge in [-0.3, -0.25) is 0 Å². The van der Waals surface area contributed by atoms with Crippen molar-refractivity contribution in [1.29, 1.82) is 0 Å². The molecule has 0 aliphatic carbocycles. The molecule has 18 heavy (non-hydrogen) atoms. The highest BCUT2D eigenvalue weighted by Gasteiger charge is 2.13. The molecule has 98 valence electrons. The van der Waals surface area contributed by atoms with Crippen LogP contribution in [0.2, 0.25) is 0 Å². The standard InChI is InChI=1S/C11H17N5OS/c1-7-10(8(2)17-15-7)6-18-11-14-13-9(3)16(11)5-4-12/h4-6,12H2,1-3H3. The number of hydrogen-bond acceptors (Lipinski definition) is 6. The van der Waals surface area contributed by atoms with Gasteiger partial charge >= 0.3 is 0 Å². The summed E-state index contributed by atoms with van der Waals surface area (Å²) in [5.74, 6) is 2.53. The van der Waals surface area contributed by atoms with Gasteiger partial charge < -0.3 is 14.8 Å². The molecule has 0 fully saturated rings. The van der Waals surface area contributed by atoms with Gasteiger partial charge in [0.15, 0.2) is 5.16 Å². The Morgan fingerprint density at radius 1 is 1.28 bits per heavy atom. The van der Waals surface area contributed by atoms with Crippen molar-refractivity contribution in [1.82, 2.24) is 19.9 Å². The van der Waals surface area contributed by atoms with Gasteiger partial charge in [-0.1, -0.05) is 16.9 Å². The number of thioether (sulfide) groups is 1. The molecule has 0 saturated carbocycles. The van der Waals surface area contributed by atoms with Crippen molar-refractivity contribution in [2.24, 2.45) is 5.73 Å². The summed E-state index contributed by atoms with van der Waals surface area (Å²) in [7, 11) is 0. The van der Waals surface area contributed by atoms with Crippen molar-refractivity contribution in [3.8, 4) is 0 Å². The first kappa shape index (κ1) is 13.1. The molecule has 6 nitrogen and oxygen atoms in total. The number of nitrogens with two attached hydrogens (primary N) is 1. The normalized spacial score (nSPS) is 11.1. The van der Waals surface area contributed by atoms with Gasteiger partial charge in [-0.25, -0.2) is 0 Å². The van der Waals surface area contributed by atoms with E-state index >= 15 is 0 Å². The Balaban J connectivity index is 2.11. The van der Waals surface area contributed by atoms with Gasteiger partial charge in [0.05, 0.1) is 5.69 Å². The van der Waals surface area contributed by atoms with Crippen LogP contribution in [0.25, 0.3) is 0 Å². The summed E-state index contributed by atoms with van der Waals surface area (Å²) in [6.45, 7) is 7.12. The third-order valence-corrected chi connectivity index (χ3v) is 3.77. The lowest BCUT2D eigenvalue weighted by molar-refractivity contribution is 0.392. The molecule has 0 aliphatic rings. The minimum absolute atomic E-state index is 0.581. The van der Waals surface area contributed by atoms with Crippen LogP contribution < -0.4 is 5.73 Å². The summed E-state index contributed by atoms with van der Waals surface area (Å²) in [6.07, 6.45) is 0. The highest BCUT2D eigenvalue weighted by atomic mass is 32.2. The molecule has 0 radical (unpaired) electrons. The molecule has 0 amide bonds. The fraction of sp³-hybridized carbons (Fsp3) is 0.545. The fourth-order valence-electron chi connectivity index (χ4n) is 1.70. The number of nitrogens with zero attached hydrogens (tertiary/aromatic N) is 4. The highest BCUT2D eigenvalue weighted by molar-refractivity contribution is 7.98. The molecule has 0 bridgehead atoms. The van der Waals surface area contributed by atoms with Gasteiger partial charge in [-0.05, 0) is 20.8 Å². The Hall–Kier alpha value is -1.34. The molecule has 2 rings (SSSR count). The van der Waals surface area contributed by atoms with Crippen molar-refractivity contribution in [3.05, 3.63) is 22.8 Å². The molecule has 0 saturated heterocycles. The first-order valence-electron chi connectivity index (χ1n) is 5.78. The van der Waals surface area contributed by atoms with Crippen LogP contribution >= 0.6 is 11.8 Å². The Morgan fingerprint density at radius 2 is 2.06 bits per heavy atom. The molecule has 2 aromatic rings. The van der Waals surface area contributed by atoms with Crippen molar-refractivity contribution < 1.29 is 4.52 Å². The van der Waals surface area contributed by atoms with E-state index in [9.17, 15) is 0 Å². The first-order valence-corrected chi connectivity index (χ1v) is 6.76. The molecular formula is C11H17N5OS. The zero-order valence-corrected chi connectivity index (χ0v) is 11.6. The van der Waals surface area contributed by atoms with Crippen LogP contribution in [0, 0.1) is 20.8 Å². The largest absolute Gasteiger partial charge is 0.361 e. The van der Waals surface area contributed by atoms with E-state index in [2.05, 4.69) is 15.4 Å². The number of aryl methyl sites for hydroxylation is 3. The Kier molecular flexibility index (Phi) is 4.03. The zero-order chi connectivity index (χ0) is 13.1. The van der Waals surface area contributed by atoms with Gasteiger partial charge in [0, 0.05) is 24.4 Å². The van der Waals surface area contributed by atoms with Crippen molar-refractivity contribution in [2.75, 3.05) is 6.54 Å². The summed E-state index contributed by atoms with van der Waals surface area (Å²) in [5.41, 5.74) is 7.64. The maximum Gasteiger partial charge on any atom is 0.191 e. The van der Waals surface area contributed by atoms with Crippen LogP contribution in [-0.2, 0) is 12.3 Å². The van der Waals surface area contributed by atoms with Gasteiger partial charge in [-0.15, -0.1) is 10.2 Å². The minimum Gasteiger partial charge on any atom is -0.361 e. The molecule has 7 heteroatoms. The van der Waals surface area contributed by atoms with E-state index in [1.54, 1.807) is 11.8 Å². The van der Waals surface area contributed by atoms with Crippen LogP contribution in [0.1, 0.15) is 22.8 Å². The second kappa shape index (κ2) is 5.53. The predicted octanol–water partition coefficient (Wildman–Crippen LogP) is 1.44. The summed E-state index contributed by atoms with van der Waals surface area (Å²) < 4.78 is 7.17. The van der Waals surface area contributed by atoms with Crippen molar-refractivity contribution in [3.63, 3.8) is 0 Å². The molecule has 2 aromatic heterocycles. The van der Waals surface area contributed by atoms with E-state index in [1.165, 1.54) is 0 Å². The second-order valence-corrected chi connectivity index (χ2v) is 5.00. The van der Waals surface area contributed by atoms with Crippen molar-refractivity contribution >= 4 is 11.8 Å². The summed E-state index contributed by atoms with van der Waals surface area (Å²) in [5, 5.41) is 13.1. The molecule has 2 N–H and O–H groups in total. The molecule has 0 unspecified atom stereocenters. The Morgan fingerprint density at radius 3 is 2.67 bits per heavy atom. The zero-order valence-electron chi connectivity index (χ0n) is 10.8. The van der Waals surface area contributed by atoms with E-state index in [1.807, 2.05) is 25.3 Å². The molecule has 0 aliphatic heterocycles. The fourth-order valence-corrected chi connectivity index (χ4v) is 2.86. The third-order valence-electron chi connectivity index (χ3n) is 2.78.